The highest BCUT2D eigenvalue weighted by Crippen LogP contribution is 2.33. The molecule has 11 heteroatoms. The monoisotopic (exact) mass is 524 g/mol. The molecular formula is C23H29ClN4O4S2. The number of benzene rings is 2. The van der Waals surface area contributed by atoms with E-state index in [1.165, 1.54) is 24.3 Å². The van der Waals surface area contributed by atoms with Gasteiger partial charge in [-0.3, -0.25) is 4.72 Å². The summed E-state index contributed by atoms with van der Waals surface area (Å²) in [5.74, 6) is 0. The molecule has 3 aromatic rings. The third-order valence-electron chi connectivity index (χ3n) is 6.14. The molecule has 0 aliphatic carbocycles. The fourth-order valence-corrected chi connectivity index (χ4v) is 7.55. The van der Waals surface area contributed by atoms with Gasteiger partial charge in [-0.2, -0.15) is 4.31 Å². The van der Waals surface area contributed by atoms with E-state index < -0.39 is 20.0 Å². The summed E-state index contributed by atoms with van der Waals surface area (Å²) < 4.78 is 57.0. The summed E-state index contributed by atoms with van der Waals surface area (Å²) in [5.41, 5.74) is 1.87. The van der Waals surface area contributed by atoms with Crippen LogP contribution in [-0.4, -0.2) is 51.8 Å². The van der Waals surface area contributed by atoms with Crippen LogP contribution >= 0.6 is 11.6 Å². The van der Waals surface area contributed by atoms with E-state index >= 15 is 0 Å². The molecule has 34 heavy (non-hydrogen) atoms. The van der Waals surface area contributed by atoms with E-state index in [0.29, 0.717) is 29.2 Å². The zero-order chi connectivity index (χ0) is 24.5. The molecule has 8 nitrogen and oxygen atoms in total. The largest absolute Gasteiger partial charge is 0.358 e. The molecule has 1 aliphatic rings. The topological polar surface area (TPSA) is 111 Å². The highest BCUT2D eigenvalue weighted by Gasteiger charge is 2.32. The molecule has 0 saturated carbocycles. The van der Waals surface area contributed by atoms with Crippen molar-refractivity contribution in [2.75, 3.05) is 24.4 Å². The number of aryl methyl sites for hydroxylation is 1. The molecule has 0 radical (unpaired) electrons. The van der Waals surface area contributed by atoms with E-state index in [9.17, 15) is 16.8 Å². The van der Waals surface area contributed by atoms with Crippen LogP contribution in [0.15, 0.2) is 52.4 Å². The van der Waals surface area contributed by atoms with Gasteiger partial charge in [0.15, 0.2) is 0 Å². The van der Waals surface area contributed by atoms with Crippen molar-refractivity contribution in [2.24, 2.45) is 0 Å². The number of hydrogen-bond acceptors (Lipinski definition) is 5. The number of halogens is 1. The molecule has 2 aromatic carbocycles. The van der Waals surface area contributed by atoms with E-state index in [1.807, 2.05) is 13.8 Å². The van der Waals surface area contributed by atoms with Crippen LogP contribution in [0.2, 0.25) is 5.02 Å². The van der Waals surface area contributed by atoms with Gasteiger partial charge in [0.1, 0.15) is 0 Å². The maximum Gasteiger partial charge on any atom is 0.261 e. The van der Waals surface area contributed by atoms with E-state index in [1.54, 1.807) is 22.6 Å². The van der Waals surface area contributed by atoms with Crippen molar-refractivity contribution in [1.29, 1.82) is 0 Å². The van der Waals surface area contributed by atoms with Crippen LogP contribution < -0.4 is 10.0 Å². The Morgan fingerprint density at radius 1 is 1.03 bits per heavy atom. The first-order valence-corrected chi connectivity index (χ1v) is 14.6. The van der Waals surface area contributed by atoms with Crippen molar-refractivity contribution >= 4 is 48.2 Å². The van der Waals surface area contributed by atoms with Crippen LogP contribution in [0.5, 0.6) is 0 Å². The fraction of sp³-hybridized carbons (Fsp3) is 0.391. The van der Waals surface area contributed by atoms with E-state index in [4.69, 9.17) is 11.6 Å². The van der Waals surface area contributed by atoms with Crippen molar-refractivity contribution in [1.82, 2.24) is 14.6 Å². The number of nitrogens with one attached hydrogen (secondary N) is 3. The molecule has 0 amide bonds. The van der Waals surface area contributed by atoms with Gasteiger partial charge in [0.25, 0.3) is 10.0 Å². The molecule has 0 atom stereocenters. The average molecular weight is 525 g/mol. The quantitative estimate of drug-likeness (QED) is 0.411. The Kier molecular flexibility index (Phi) is 7.25. The van der Waals surface area contributed by atoms with Gasteiger partial charge < -0.3 is 10.3 Å². The second-order valence-corrected chi connectivity index (χ2v) is 12.5. The number of aromatic nitrogens is 1. The lowest BCUT2D eigenvalue weighted by Gasteiger charge is -2.33. The maximum atomic E-state index is 13.4. The lowest BCUT2D eigenvalue weighted by Crippen LogP contribution is -2.46. The van der Waals surface area contributed by atoms with Gasteiger partial charge in [0.2, 0.25) is 10.0 Å². The minimum atomic E-state index is -3.95. The number of aromatic amines is 1. The number of fused-ring (bicyclic) bond motifs is 1. The zero-order valence-electron chi connectivity index (χ0n) is 19.1. The minimum Gasteiger partial charge on any atom is -0.358 e. The summed E-state index contributed by atoms with van der Waals surface area (Å²) in [6.45, 7) is 5.83. The Hall–Kier alpha value is -2.11. The highest BCUT2D eigenvalue weighted by molar-refractivity contribution is 7.92. The van der Waals surface area contributed by atoms with Crippen LogP contribution in [0, 0.1) is 6.92 Å². The predicted octanol–water partition coefficient (Wildman–Crippen LogP) is 4.08. The molecule has 0 spiro atoms. The van der Waals surface area contributed by atoms with Crippen LogP contribution in [0.25, 0.3) is 10.9 Å². The van der Waals surface area contributed by atoms with Gasteiger partial charge in [-0.25, -0.2) is 16.8 Å². The second-order valence-electron chi connectivity index (χ2n) is 8.49. The van der Waals surface area contributed by atoms with Crippen molar-refractivity contribution in [3.63, 3.8) is 0 Å². The maximum absolute atomic E-state index is 13.4. The number of anilines is 1. The fourth-order valence-electron chi connectivity index (χ4n) is 4.40. The SMILES string of the molecule is CCCN(C1CCNCC1)S(=O)(=O)c1ccc(S(=O)(=O)Nc2ccc(C)c3c(Cl)c[nH]c23)cc1. The molecule has 0 unspecified atom stereocenters. The Bertz CT molecular complexity index is 1380. The number of rotatable bonds is 8. The molecule has 0 bridgehead atoms. The summed E-state index contributed by atoms with van der Waals surface area (Å²) in [6.07, 6.45) is 3.82. The van der Waals surface area contributed by atoms with Gasteiger partial charge in [-0.1, -0.05) is 24.6 Å². The summed E-state index contributed by atoms with van der Waals surface area (Å²) in [7, 11) is -7.70. The van der Waals surface area contributed by atoms with Gasteiger partial charge in [-0.05, 0) is 75.2 Å². The van der Waals surface area contributed by atoms with Crippen molar-refractivity contribution in [2.45, 2.75) is 48.9 Å². The van der Waals surface area contributed by atoms with Crippen molar-refractivity contribution < 1.29 is 16.8 Å². The first-order valence-electron chi connectivity index (χ1n) is 11.3. The average Bonchev–Trinajstić information content (AvgIpc) is 3.22. The third-order valence-corrected chi connectivity index (χ3v) is 9.79. The van der Waals surface area contributed by atoms with Crippen LogP contribution in [0.3, 0.4) is 0 Å². The number of piperidine rings is 1. The van der Waals surface area contributed by atoms with Crippen molar-refractivity contribution in [3.8, 4) is 0 Å². The number of H-pyrrole nitrogens is 1. The third kappa shape index (κ3) is 4.83. The summed E-state index contributed by atoms with van der Waals surface area (Å²) in [6, 6.07) is 8.78. The lowest BCUT2D eigenvalue weighted by atomic mass is 10.1. The standard InChI is InChI=1S/C23H29ClN4O4S2/c1-3-14-28(17-10-12-25-13-11-17)34(31,32)19-7-5-18(6-8-19)33(29,30)27-21-9-4-16(2)22-20(24)15-26-23(21)22/h4-9,15,17,25-27H,3,10-14H2,1-2H3. The van der Waals surface area contributed by atoms with Gasteiger partial charge in [0, 0.05) is 24.2 Å². The predicted molar refractivity (Wildman–Crippen MR) is 135 cm³/mol. The molecule has 184 valence electrons. The van der Waals surface area contributed by atoms with Gasteiger partial charge in [-0.15, -0.1) is 0 Å². The number of sulfonamides is 2. The lowest BCUT2D eigenvalue weighted by molar-refractivity contribution is 0.262. The molecule has 1 aliphatic heterocycles. The molecule has 1 fully saturated rings. The molecule has 4 rings (SSSR count). The second kappa shape index (κ2) is 9.87. The normalized spacial score (nSPS) is 15.8. The Morgan fingerprint density at radius 2 is 1.68 bits per heavy atom. The summed E-state index contributed by atoms with van der Waals surface area (Å²) in [4.78, 5) is 3.07. The van der Waals surface area contributed by atoms with E-state index in [2.05, 4.69) is 15.0 Å². The van der Waals surface area contributed by atoms with Gasteiger partial charge in [0.05, 0.1) is 26.0 Å². The summed E-state index contributed by atoms with van der Waals surface area (Å²) >= 11 is 6.23. The van der Waals surface area contributed by atoms with Gasteiger partial charge >= 0.3 is 0 Å². The van der Waals surface area contributed by atoms with Crippen molar-refractivity contribution in [3.05, 3.63) is 53.2 Å². The number of hydrogen-bond donors (Lipinski definition) is 3. The first kappa shape index (κ1) is 25.0. The Morgan fingerprint density at radius 3 is 2.32 bits per heavy atom. The minimum absolute atomic E-state index is 0.0262. The first-order chi connectivity index (χ1) is 16.1. The Labute approximate surface area is 205 Å². The zero-order valence-corrected chi connectivity index (χ0v) is 21.5. The van der Waals surface area contributed by atoms with E-state index in [-0.39, 0.29) is 15.8 Å². The smallest absolute Gasteiger partial charge is 0.261 e. The van der Waals surface area contributed by atoms with Crippen LogP contribution in [-0.2, 0) is 20.0 Å². The van der Waals surface area contributed by atoms with E-state index in [0.717, 1.165) is 36.9 Å². The number of nitrogens with zero attached hydrogens (tertiary/aromatic N) is 1. The summed E-state index contributed by atoms with van der Waals surface area (Å²) in [5, 5.41) is 4.51. The molecule has 1 aromatic heterocycles. The molecular weight excluding hydrogens is 496 g/mol. The van der Waals surface area contributed by atoms with Crippen LogP contribution in [0.4, 0.5) is 5.69 Å². The molecule has 1 saturated heterocycles. The molecule has 2 heterocycles. The highest BCUT2D eigenvalue weighted by atomic mass is 35.5. The Balaban J connectivity index is 1.61. The van der Waals surface area contributed by atoms with Crippen LogP contribution in [0.1, 0.15) is 31.7 Å². The molecule has 3 N–H and O–H groups in total.